The molecule has 0 aliphatic carbocycles. The van der Waals surface area contributed by atoms with Crippen molar-refractivity contribution < 1.29 is 9.47 Å². The monoisotopic (exact) mass is 493 g/mol. The molecule has 0 radical (unpaired) electrons. The number of nitrogens with zero attached hydrogens (tertiary/aromatic N) is 1. The molecule has 1 unspecified atom stereocenters. The van der Waals surface area contributed by atoms with Gasteiger partial charge in [-0.15, -0.1) is 35.3 Å². The minimum atomic E-state index is -0.433. The van der Waals surface area contributed by atoms with Crippen LogP contribution in [0.2, 0.25) is 5.02 Å². The van der Waals surface area contributed by atoms with Gasteiger partial charge in [-0.2, -0.15) is 0 Å². The Morgan fingerprint density at radius 3 is 3.00 bits per heavy atom. The first kappa shape index (κ1) is 20.3. The molecule has 0 amide bonds. The molecule has 0 fully saturated rings. The van der Waals surface area contributed by atoms with E-state index in [9.17, 15) is 0 Å². The van der Waals surface area contributed by atoms with Crippen LogP contribution >= 0.6 is 46.9 Å². The number of benzene rings is 1. The van der Waals surface area contributed by atoms with Crippen molar-refractivity contribution in [1.29, 1.82) is 0 Å². The summed E-state index contributed by atoms with van der Waals surface area (Å²) in [6.45, 7) is 3.22. The zero-order valence-electron chi connectivity index (χ0n) is 14.0. The topological polar surface area (TPSA) is 68.9 Å². The first-order chi connectivity index (χ1) is 11.5. The maximum atomic E-state index is 6.11. The summed E-state index contributed by atoms with van der Waals surface area (Å²) >= 11 is 7.88. The Kier molecular flexibility index (Phi) is 6.95. The molecule has 3 N–H and O–H groups in total. The number of rotatable bonds is 4. The second kappa shape index (κ2) is 8.57. The van der Waals surface area contributed by atoms with Crippen LogP contribution in [0.15, 0.2) is 34.6 Å². The molecule has 2 heterocycles. The molecule has 8 heteroatoms. The molecule has 0 bridgehead atoms. The number of methoxy groups -OCH3 is 1. The molecule has 25 heavy (non-hydrogen) atoms. The SMILES string of the molecule is COc1ccc(NC(N)=NCC2(C)OCCc3sccc32)cc1Cl.I. The molecule has 1 aliphatic heterocycles. The standard InChI is InChI=1S/C17H20ClN3O2S.HI/c1-17(12-6-8-24-15(12)5-7-23-17)10-20-16(19)21-11-3-4-14(22-2)13(18)9-11;/h3-4,6,8-9H,5,7,10H2,1-2H3,(H3,19,20,21);1H. The normalized spacial score (nSPS) is 19.7. The summed E-state index contributed by atoms with van der Waals surface area (Å²) in [6.07, 6.45) is 0.963. The third-order valence-electron chi connectivity index (χ3n) is 4.04. The number of fused-ring (bicyclic) bond motifs is 1. The maximum absolute atomic E-state index is 6.11. The number of aliphatic imine (C=N–C) groups is 1. The van der Waals surface area contributed by atoms with E-state index < -0.39 is 5.60 Å². The first-order valence-electron chi connectivity index (χ1n) is 7.63. The van der Waals surface area contributed by atoms with E-state index in [0.717, 1.165) is 12.1 Å². The summed E-state index contributed by atoms with van der Waals surface area (Å²) in [5.41, 5.74) is 7.54. The van der Waals surface area contributed by atoms with Crippen molar-refractivity contribution in [3.8, 4) is 5.75 Å². The highest BCUT2D eigenvalue weighted by molar-refractivity contribution is 14.0. The fraction of sp³-hybridized carbons (Fsp3) is 0.353. The number of hydrogen-bond donors (Lipinski definition) is 2. The lowest BCUT2D eigenvalue weighted by molar-refractivity contribution is -0.0374. The van der Waals surface area contributed by atoms with E-state index in [2.05, 4.69) is 28.7 Å². The Morgan fingerprint density at radius 2 is 2.28 bits per heavy atom. The Labute approximate surface area is 173 Å². The lowest BCUT2D eigenvalue weighted by Gasteiger charge is -2.33. The molecule has 3 rings (SSSR count). The molecule has 136 valence electrons. The van der Waals surface area contributed by atoms with Gasteiger partial charge in [0.05, 0.1) is 25.3 Å². The van der Waals surface area contributed by atoms with Crippen molar-refractivity contribution >= 4 is 58.6 Å². The minimum absolute atomic E-state index is 0. The largest absolute Gasteiger partial charge is 0.495 e. The Morgan fingerprint density at radius 1 is 1.48 bits per heavy atom. The van der Waals surface area contributed by atoms with Crippen LogP contribution in [0.25, 0.3) is 0 Å². The van der Waals surface area contributed by atoms with E-state index in [-0.39, 0.29) is 24.0 Å². The van der Waals surface area contributed by atoms with Crippen LogP contribution in [0.3, 0.4) is 0 Å². The molecule has 1 aromatic carbocycles. The van der Waals surface area contributed by atoms with Crippen molar-refractivity contribution in [2.45, 2.75) is 18.9 Å². The van der Waals surface area contributed by atoms with E-state index >= 15 is 0 Å². The van der Waals surface area contributed by atoms with Crippen LogP contribution in [0.1, 0.15) is 17.4 Å². The summed E-state index contributed by atoms with van der Waals surface area (Å²) in [6, 6.07) is 7.48. The number of halogens is 2. The van der Waals surface area contributed by atoms with E-state index in [1.807, 2.05) is 6.07 Å². The van der Waals surface area contributed by atoms with Crippen molar-refractivity contribution in [1.82, 2.24) is 0 Å². The van der Waals surface area contributed by atoms with Crippen LogP contribution < -0.4 is 15.8 Å². The van der Waals surface area contributed by atoms with E-state index in [4.69, 9.17) is 26.8 Å². The number of hydrogen-bond acceptors (Lipinski definition) is 4. The second-order valence-electron chi connectivity index (χ2n) is 5.76. The van der Waals surface area contributed by atoms with Crippen LogP contribution in [0.4, 0.5) is 5.69 Å². The van der Waals surface area contributed by atoms with Gasteiger partial charge in [0.15, 0.2) is 5.96 Å². The van der Waals surface area contributed by atoms with Gasteiger partial charge in [0, 0.05) is 17.0 Å². The maximum Gasteiger partial charge on any atom is 0.193 e. The van der Waals surface area contributed by atoms with Crippen LogP contribution in [-0.2, 0) is 16.8 Å². The fourth-order valence-corrected chi connectivity index (χ4v) is 3.99. The molecule has 2 aromatic rings. The average molecular weight is 494 g/mol. The number of nitrogens with two attached hydrogens (primary N) is 1. The number of guanidine groups is 1. The Hall–Kier alpha value is -1.03. The smallest absolute Gasteiger partial charge is 0.193 e. The predicted octanol–water partition coefficient (Wildman–Crippen LogP) is 4.24. The van der Waals surface area contributed by atoms with Gasteiger partial charge in [-0.3, -0.25) is 0 Å². The third-order valence-corrected chi connectivity index (χ3v) is 5.32. The van der Waals surface area contributed by atoms with Crippen LogP contribution in [-0.4, -0.2) is 26.2 Å². The number of nitrogens with one attached hydrogen (secondary N) is 1. The lowest BCUT2D eigenvalue weighted by atomic mass is 9.93. The molecule has 1 atom stereocenters. The van der Waals surface area contributed by atoms with Gasteiger partial charge in [-0.1, -0.05) is 11.6 Å². The van der Waals surface area contributed by atoms with Gasteiger partial charge in [0.25, 0.3) is 0 Å². The number of thiophene rings is 1. The minimum Gasteiger partial charge on any atom is -0.495 e. The highest BCUT2D eigenvalue weighted by atomic mass is 127. The summed E-state index contributed by atoms with van der Waals surface area (Å²) in [5.74, 6) is 0.939. The zero-order chi connectivity index (χ0) is 17.2. The van der Waals surface area contributed by atoms with Gasteiger partial charge in [0.1, 0.15) is 11.4 Å². The number of ether oxygens (including phenoxy) is 2. The Balaban J connectivity index is 0.00000225. The van der Waals surface area contributed by atoms with Gasteiger partial charge >= 0.3 is 0 Å². The lowest BCUT2D eigenvalue weighted by Crippen LogP contribution is -2.36. The highest BCUT2D eigenvalue weighted by Crippen LogP contribution is 2.36. The predicted molar refractivity (Wildman–Crippen MR) is 115 cm³/mol. The van der Waals surface area contributed by atoms with Gasteiger partial charge in [0.2, 0.25) is 0 Å². The highest BCUT2D eigenvalue weighted by Gasteiger charge is 2.33. The van der Waals surface area contributed by atoms with Gasteiger partial charge < -0.3 is 20.5 Å². The average Bonchev–Trinajstić information content (AvgIpc) is 3.04. The van der Waals surface area contributed by atoms with Crippen molar-refractivity contribution in [3.63, 3.8) is 0 Å². The van der Waals surface area contributed by atoms with Gasteiger partial charge in [-0.25, -0.2) is 4.99 Å². The Bertz CT molecular complexity index is 768. The van der Waals surface area contributed by atoms with Crippen molar-refractivity contribution in [2.24, 2.45) is 10.7 Å². The molecule has 0 spiro atoms. The quantitative estimate of drug-likeness (QED) is 0.380. The molecule has 1 aliphatic rings. The van der Waals surface area contributed by atoms with E-state index in [1.165, 1.54) is 10.4 Å². The second-order valence-corrected chi connectivity index (χ2v) is 7.17. The van der Waals surface area contributed by atoms with Crippen molar-refractivity contribution in [3.05, 3.63) is 45.1 Å². The molecule has 0 saturated heterocycles. The third kappa shape index (κ3) is 4.58. The molecule has 1 aromatic heterocycles. The van der Waals surface area contributed by atoms with Crippen LogP contribution in [0.5, 0.6) is 5.75 Å². The summed E-state index contributed by atoms with van der Waals surface area (Å²) in [4.78, 5) is 5.82. The van der Waals surface area contributed by atoms with Gasteiger partial charge in [-0.05, 0) is 42.1 Å². The molecular weight excluding hydrogens is 473 g/mol. The molecule has 5 nitrogen and oxygen atoms in total. The van der Waals surface area contributed by atoms with E-state index in [1.54, 1.807) is 30.6 Å². The summed E-state index contributed by atoms with van der Waals surface area (Å²) < 4.78 is 11.1. The zero-order valence-corrected chi connectivity index (χ0v) is 17.9. The van der Waals surface area contributed by atoms with Crippen molar-refractivity contribution in [2.75, 3.05) is 25.6 Å². The summed E-state index contributed by atoms with van der Waals surface area (Å²) in [7, 11) is 1.58. The molecular formula is C17H21ClIN3O2S. The first-order valence-corrected chi connectivity index (χ1v) is 8.89. The van der Waals surface area contributed by atoms with E-state index in [0.29, 0.717) is 29.9 Å². The number of anilines is 1. The van der Waals surface area contributed by atoms with Crippen LogP contribution in [0, 0.1) is 0 Å². The fourth-order valence-electron chi connectivity index (χ4n) is 2.75. The summed E-state index contributed by atoms with van der Waals surface area (Å²) in [5, 5.41) is 5.66. The molecule has 0 saturated carbocycles.